The predicted molar refractivity (Wildman–Crippen MR) is 119 cm³/mol. The quantitative estimate of drug-likeness (QED) is 0.0715. The molecule has 0 aromatic heterocycles. The number of carboxylic acids is 4. The standard InChI is InChI=1S/C10H22O7.C6H10O4.C4H6O6/c11-1-9(2-12,3-13)7-17-8-10(4-14,5-15)6-16;7-5(8)3-1-2-4-6(9)10;5-1(3(7)8)2(6)4(9)10/h11-16H,1-8H2;1-4H2,(H,7,8)(H,9,10);1-2,5-6H,(H,7,8)(H,9,10). The van der Waals surface area contributed by atoms with E-state index >= 15 is 0 Å². The highest BCUT2D eigenvalue weighted by atomic mass is 16.5. The first kappa shape index (κ1) is 39.0. The molecule has 0 aliphatic heterocycles. The van der Waals surface area contributed by atoms with E-state index in [1.807, 2.05) is 0 Å². The lowest BCUT2D eigenvalue weighted by Gasteiger charge is -2.31. The fraction of sp³-hybridized carbons (Fsp3) is 0.800. The van der Waals surface area contributed by atoms with Crippen molar-refractivity contribution >= 4 is 23.9 Å². The van der Waals surface area contributed by atoms with Crippen LogP contribution >= 0.6 is 0 Å². The molecule has 0 aromatic carbocycles. The maximum absolute atomic E-state index is 9.90. The Morgan fingerprint density at radius 3 is 0.946 bits per heavy atom. The van der Waals surface area contributed by atoms with Crippen molar-refractivity contribution in [3.05, 3.63) is 0 Å². The molecule has 0 fully saturated rings. The maximum Gasteiger partial charge on any atom is 0.335 e. The largest absolute Gasteiger partial charge is 0.481 e. The van der Waals surface area contributed by atoms with Crippen LogP contribution in [0.1, 0.15) is 25.7 Å². The monoisotopic (exact) mass is 550 g/mol. The molecular weight excluding hydrogens is 512 g/mol. The molecule has 0 saturated carbocycles. The van der Waals surface area contributed by atoms with Crippen molar-refractivity contribution in [1.82, 2.24) is 0 Å². The van der Waals surface area contributed by atoms with Crippen molar-refractivity contribution in [2.24, 2.45) is 10.8 Å². The van der Waals surface area contributed by atoms with Gasteiger partial charge in [0.15, 0.2) is 12.2 Å². The molecular formula is C20H38O17. The highest BCUT2D eigenvalue weighted by Crippen LogP contribution is 2.19. The van der Waals surface area contributed by atoms with Gasteiger partial charge in [-0.15, -0.1) is 0 Å². The summed E-state index contributed by atoms with van der Waals surface area (Å²) in [4.78, 5) is 39.3. The van der Waals surface area contributed by atoms with Gasteiger partial charge in [0.05, 0.1) is 63.7 Å². The smallest absolute Gasteiger partial charge is 0.335 e. The summed E-state index contributed by atoms with van der Waals surface area (Å²) in [6.07, 6.45) is -3.51. The van der Waals surface area contributed by atoms with Gasteiger partial charge in [-0.3, -0.25) is 9.59 Å². The van der Waals surface area contributed by atoms with Gasteiger partial charge in [0, 0.05) is 12.8 Å². The molecule has 2 atom stereocenters. The summed E-state index contributed by atoms with van der Waals surface area (Å²) >= 11 is 0. The minimum atomic E-state index is -2.27. The van der Waals surface area contributed by atoms with Crippen molar-refractivity contribution in [3.63, 3.8) is 0 Å². The van der Waals surface area contributed by atoms with Gasteiger partial charge >= 0.3 is 23.9 Å². The molecule has 220 valence electrons. The van der Waals surface area contributed by atoms with Crippen LogP contribution in [0.15, 0.2) is 0 Å². The number of aliphatic hydroxyl groups is 8. The summed E-state index contributed by atoms with van der Waals surface area (Å²) in [6.45, 7) is -3.01. The molecule has 37 heavy (non-hydrogen) atoms. The molecule has 0 radical (unpaired) electrons. The number of ether oxygens (including phenoxy) is 1. The molecule has 0 aliphatic carbocycles. The van der Waals surface area contributed by atoms with Crippen molar-refractivity contribution in [2.45, 2.75) is 37.9 Å². The molecule has 17 heteroatoms. The minimum Gasteiger partial charge on any atom is -0.481 e. The Morgan fingerprint density at radius 1 is 0.541 bits per heavy atom. The second-order valence-corrected chi connectivity index (χ2v) is 8.00. The fourth-order valence-corrected chi connectivity index (χ4v) is 1.88. The first-order valence-corrected chi connectivity index (χ1v) is 10.6. The molecule has 0 saturated heterocycles. The van der Waals surface area contributed by atoms with E-state index in [0.29, 0.717) is 12.8 Å². The van der Waals surface area contributed by atoms with E-state index in [2.05, 4.69) is 0 Å². The number of aliphatic hydroxyl groups excluding tert-OH is 8. The summed E-state index contributed by atoms with van der Waals surface area (Å²) in [5, 5.41) is 103. The summed E-state index contributed by atoms with van der Waals surface area (Å²) in [6, 6.07) is 0. The van der Waals surface area contributed by atoms with Gasteiger partial charge in [-0.05, 0) is 12.8 Å². The van der Waals surface area contributed by atoms with Crippen LogP contribution in [0.3, 0.4) is 0 Å². The van der Waals surface area contributed by atoms with E-state index in [0.717, 1.165) is 0 Å². The molecule has 2 unspecified atom stereocenters. The van der Waals surface area contributed by atoms with Gasteiger partial charge in [-0.25, -0.2) is 9.59 Å². The number of aliphatic carboxylic acids is 4. The van der Waals surface area contributed by atoms with Gasteiger partial charge in [-0.1, -0.05) is 0 Å². The zero-order valence-corrected chi connectivity index (χ0v) is 20.0. The van der Waals surface area contributed by atoms with E-state index in [1.165, 1.54) is 0 Å². The van der Waals surface area contributed by atoms with E-state index in [9.17, 15) is 19.2 Å². The van der Waals surface area contributed by atoms with E-state index in [4.69, 9.17) is 66.0 Å². The first-order valence-electron chi connectivity index (χ1n) is 10.6. The van der Waals surface area contributed by atoms with Crippen molar-refractivity contribution < 1.29 is 85.2 Å². The number of rotatable bonds is 18. The maximum atomic E-state index is 9.90. The van der Waals surface area contributed by atoms with Crippen LogP contribution in [0.5, 0.6) is 0 Å². The van der Waals surface area contributed by atoms with Crippen molar-refractivity contribution in [1.29, 1.82) is 0 Å². The lowest BCUT2D eigenvalue weighted by molar-refractivity contribution is -0.165. The Balaban J connectivity index is -0.000000499. The molecule has 12 N–H and O–H groups in total. The van der Waals surface area contributed by atoms with E-state index in [-0.39, 0.29) is 26.1 Å². The van der Waals surface area contributed by atoms with Crippen LogP contribution < -0.4 is 0 Å². The minimum absolute atomic E-state index is 0.0628. The fourth-order valence-electron chi connectivity index (χ4n) is 1.88. The number of carboxylic acid groups (broad SMARTS) is 4. The van der Waals surface area contributed by atoms with Crippen LogP contribution in [0.4, 0.5) is 0 Å². The molecule has 0 aliphatic rings. The first-order chi connectivity index (χ1) is 17.2. The Hall–Kier alpha value is -2.48. The van der Waals surface area contributed by atoms with Crippen LogP contribution in [0, 0.1) is 10.8 Å². The molecule has 0 bridgehead atoms. The lowest BCUT2D eigenvalue weighted by Crippen LogP contribution is -2.43. The molecule has 17 nitrogen and oxygen atoms in total. The Labute approximate surface area is 211 Å². The molecule has 0 amide bonds. The highest BCUT2D eigenvalue weighted by Gasteiger charge is 2.33. The van der Waals surface area contributed by atoms with Crippen molar-refractivity contribution in [2.75, 3.05) is 52.9 Å². The normalized spacial score (nSPS) is 12.8. The third kappa shape index (κ3) is 18.4. The molecule has 0 aromatic rings. The SMILES string of the molecule is O=C(O)C(O)C(O)C(=O)O.O=C(O)CCCCC(=O)O.OCC(CO)(CO)COCC(CO)(CO)CO. The predicted octanol–water partition coefficient (Wildman–Crippen LogP) is -4.48. The molecule has 0 heterocycles. The molecule has 0 spiro atoms. The second kappa shape index (κ2) is 21.6. The van der Waals surface area contributed by atoms with Gasteiger partial charge in [0.25, 0.3) is 0 Å². The number of carbonyl (C=O) groups is 4. The van der Waals surface area contributed by atoms with Gasteiger partial charge in [-0.2, -0.15) is 0 Å². The van der Waals surface area contributed by atoms with Crippen molar-refractivity contribution in [3.8, 4) is 0 Å². The summed E-state index contributed by atoms with van der Waals surface area (Å²) in [5.41, 5.74) is -2.32. The average molecular weight is 551 g/mol. The van der Waals surface area contributed by atoms with Gasteiger partial charge in [0.2, 0.25) is 0 Å². The van der Waals surface area contributed by atoms with E-state index in [1.54, 1.807) is 0 Å². The van der Waals surface area contributed by atoms with E-state index < -0.39 is 86.6 Å². The van der Waals surface area contributed by atoms with Gasteiger partial charge < -0.3 is 66.0 Å². The highest BCUT2D eigenvalue weighted by molar-refractivity contribution is 5.83. The zero-order valence-electron chi connectivity index (χ0n) is 20.0. The van der Waals surface area contributed by atoms with Gasteiger partial charge in [0.1, 0.15) is 0 Å². The number of hydrogen-bond donors (Lipinski definition) is 12. The molecule has 0 rings (SSSR count). The number of hydrogen-bond acceptors (Lipinski definition) is 13. The van der Waals surface area contributed by atoms with Crippen LogP contribution in [-0.2, 0) is 23.9 Å². The lowest BCUT2D eigenvalue weighted by atomic mass is 9.91. The Morgan fingerprint density at radius 2 is 0.784 bits per heavy atom. The third-order valence-corrected chi connectivity index (χ3v) is 4.67. The summed E-state index contributed by atoms with van der Waals surface area (Å²) in [5.74, 6) is -5.28. The second-order valence-electron chi connectivity index (χ2n) is 8.00. The third-order valence-electron chi connectivity index (χ3n) is 4.67. The van der Waals surface area contributed by atoms with Crippen LogP contribution in [0.25, 0.3) is 0 Å². The van der Waals surface area contributed by atoms with Crippen LogP contribution in [0.2, 0.25) is 0 Å². The summed E-state index contributed by atoms with van der Waals surface area (Å²) in [7, 11) is 0. The zero-order chi connectivity index (χ0) is 29.7. The topological polar surface area (TPSA) is 320 Å². The average Bonchev–Trinajstić information content (AvgIpc) is 2.87. The number of unbranched alkanes of at least 4 members (excludes halogenated alkanes) is 1. The summed E-state index contributed by atoms with van der Waals surface area (Å²) < 4.78 is 5.15. The Bertz CT molecular complexity index is 574. The Kier molecular flexibility index (Phi) is 22.8. The van der Waals surface area contributed by atoms with Crippen LogP contribution in [-0.4, -0.2) is 150 Å².